The number of rotatable bonds is 2. The van der Waals surface area contributed by atoms with Gasteiger partial charge in [-0.25, -0.2) is 0 Å². The molecule has 2 unspecified atom stereocenters. The van der Waals surface area contributed by atoms with Crippen LogP contribution in [0.4, 0.5) is 0 Å². The highest BCUT2D eigenvalue weighted by molar-refractivity contribution is 5.18. The molecule has 2 aliphatic rings. The monoisotopic (exact) mass is 196 g/mol. The van der Waals surface area contributed by atoms with Gasteiger partial charge in [0.25, 0.3) is 0 Å². The predicted octanol–water partition coefficient (Wildman–Crippen LogP) is 1.89. The van der Waals surface area contributed by atoms with Gasteiger partial charge in [-0.2, -0.15) is 0 Å². The van der Waals surface area contributed by atoms with Crippen LogP contribution in [0, 0.1) is 10.8 Å². The fourth-order valence-electron chi connectivity index (χ4n) is 3.02. The molecule has 2 aliphatic carbocycles. The van der Waals surface area contributed by atoms with E-state index in [0.717, 1.165) is 0 Å². The van der Waals surface area contributed by atoms with Crippen LogP contribution in [0.5, 0.6) is 0 Å². The van der Waals surface area contributed by atoms with Gasteiger partial charge >= 0.3 is 0 Å². The molecule has 0 bridgehead atoms. The van der Waals surface area contributed by atoms with Gasteiger partial charge in [0.1, 0.15) is 0 Å². The Balaban J connectivity index is 1.89. The van der Waals surface area contributed by atoms with E-state index in [1.54, 1.807) is 0 Å². The summed E-state index contributed by atoms with van der Waals surface area (Å²) in [7, 11) is 0. The molecule has 14 heavy (non-hydrogen) atoms. The van der Waals surface area contributed by atoms with E-state index in [1.807, 2.05) is 0 Å². The van der Waals surface area contributed by atoms with Gasteiger partial charge < -0.3 is 11.1 Å². The van der Waals surface area contributed by atoms with Crippen LogP contribution in [-0.2, 0) is 0 Å². The molecule has 0 heterocycles. The molecule has 0 aromatic heterocycles. The summed E-state index contributed by atoms with van der Waals surface area (Å²) in [6.07, 6.45) is 3.64. The van der Waals surface area contributed by atoms with Gasteiger partial charge in [0, 0.05) is 18.1 Å². The highest BCUT2D eigenvalue weighted by atomic mass is 15.1. The van der Waals surface area contributed by atoms with E-state index in [4.69, 9.17) is 5.73 Å². The Labute approximate surface area is 87.6 Å². The van der Waals surface area contributed by atoms with Crippen molar-refractivity contribution in [2.24, 2.45) is 16.6 Å². The summed E-state index contributed by atoms with van der Waals surface area (Å²) in [4.78, 5) is 0. The van der Waals surface area contributed by atoms with Gasteiger partial charge in [-0.1, -0.05) is 27.7 Å². The Morgan fingerprint density at radius 2 is 1.64 bits per heavy atom. The molecule has 2 fully saturated rings. The van der Waals surface area contributed by atoms with Gasteiger partial charge in [-0.15, -0.1) is 0 Å². The van der Waals surface area contributed by atoms with Gasteiger partial charge in [-0.3, -0.25) is 0 Å². The van der Waals surface area contributed by atoms with Crippen LogP contribution in [0.2, 0.25) is 0 Å². The summed E-state index contributed by atoms with van der Waals surface area (Å²) in [6, 6.07) is 1.80. The summed E-state index contributed by atoms with van der Waals surface area (Å²) in [5.74, 6) is 0. The van der Waals surface area contributed by atoms with Crippen molar-refractivity contribution in [2.45, 2.75) is 65.1 Å². The highest BCUT2D eigenvalue weighted by Crippen LogP contribution is 2.62. The van der Waals surface area contributed by atoms with Gasteiger partial charge in [0.15, 0.2) is 0 Å². The Bertz CT molecular complexity index is 218. The van der Waals surface area contributed by atoms with Crippen molar-refractivity contribution in [3.8, 4) is 0 Å². The Kier molecular flexibility index (Phi) is 2.20. The molecular weight excluding hydrogens is 172 g/mol. The molecule has 0 aliphatic heterocycles. The second-order valence-electron chi connectivity index (χ2n) is 6.31. The van der Waals surface area contributed by atoms with Gasteiger partial charge in [-0.05, 0) is 30.1 Å². The zero-order chi connectivity index (χ0) is 10.6. The van der Waals surface area contributed by atoms with E-state index < -0.39 is 0 Å². The van der Waals surface area contributed by atoms with E-state index in [-0.39, 0.29) is 0 Å². The van der Waals surface area contributed by atoms with Crippen LogP contribution in [0.1, 0.15) is 47.0 Å². The van der Waals surface area contributed by atoms with E-state index in [1.165, 1.54) is 19.3 Å². The van der Waals surface area contributed by atoms with E-state index in [2.05, 4.69) is 33.0 Å². The predicted molar refractivity (Wildman–Crippen MR) is 60.1 cm³/mol. The summed E-state index contributed by atoms with van der Waals surface area (Å²) in [5, 5.41) is 3.78. The standard InChI is InChI=1S/C12H24N2/c1-11(2)10(12(11,3)4)14-9-6-5-8(13)7-9/h8-10,14H,5-7,13H2,1-4H3. The molecule has 2 nitrogen and oxygen atoms in total. The average Bonchev–Trinajstić information content (AvgIpc) is 2.47. The van der Waals surface area contributed by atoms with Crippen LogP contribution in [0.25, 0.3) is 0 Å². The fraction of sp³-hybridized carbons (Fsp3) is 1.00. The Morgan fingerprint density at radius 3 is 2.00 bits per heavy atom. The summed E-state index contributed by atoms with van der Waals surface area (Å²) in [5.41, 5.74) is 6.83. The second kappa shape index (κ2) is 2.96. The normalized spacial score (nSPS) is 40.1. The first kappa shape index (κ1) is 10.4. The molecule has 0 spiro atoms. The fourth-order valence-corrected chi connectivity index (χ4v) is 3.02. The molecule has 0 amide bonds. The summed E-state index contributed by atoms with van der Waals surface area (Å²) in [6.45, 7) is 9.44. The lowest BCUT2D eigenvalue weighted by Crippen LogP contribution is -2.33. The molecule has 0 aromatic carbocycles. The van der Waals surface area contributed by atoms with Crippen molar-refractivity contribution in [3.63, 3.8) is 0 Å². The zero-order valence-electron chi connectivity index (χ0n) is 9.93. The van der Waals surface area contributed by atoms with Crippen LogP contribution in [0.3, 0.4) is 0 Å². The largest absolute Gasteiger partial charge is 0.328 e. The van der Waals surface area contributed by atoms with E-state index in [0.29, 0.717) is 29.0 Å². The maximum absolute atomic E-state index is 5.92. The van der Waals surface area contributed by atoms with Crippen LogP contribution in [0.15, 0.2) is 0 Å². The molecule has 0 radical (unpaired) electrons. The van der Waals surface area contributed by atoms with Crippen LogP contribution in [-0.4, -0.2) is 18.1 Å². The molecule has 0 saturated heterocycles. The van der Waals surface area contributed by atoms with Gasteiger partial charge in [0.05, 0.1) is 0 Å². The minimum atomic E-state index is 0.442. The summed E-state index contributed by atoms with van der Waals surface area (Å²) >= 11 is 0. The molecule has 2 atom stereocenters. The first-order valence-corrected chi connectivity index (χ1v) is 5.87. The smallest absolute Gasteiger partial charge is 0.0183 e. The molecule has 2 rings (SSSR count). The van der Waals surface area contributed by atoms with Crippen molar-refractivity contribution in [3.05, 3.63) is 0 Å². The van der Waals surface area contributed by atoms with Crippen molar-refractivity contribution < 1.29 is 0 Å². The molecule has 0 aromatic rings. The SMILES string of the molecule is CC1(C)C(NC2CCC(N)C2)C1(C)C. The topological polar surface area (TPSA) is 38.0 Å². The van der Waals surface area contributed by atoms with Crippen molar-refractivity contribution >= 4 is 0 Å². The molecule has 2 heteroatoms. The van der Waals surface area contributed by atoms with Crippen molar-refractivity contribution in [2.75, 3.05) is 0 Å². The van der Waals surface area contributed by atoms with Gasteiger partial charge in [0.2, 0.25) is 0 Å². The molecule has 3 N–H and O–H groups in total. The zero-order valence-corrected chi connectivity index (χ0v) is 9.93. The Hall–Kier alpha value is -0.0800. The second-order valence-corrected chi connectivity index (χ2v) is 6.31. The first-order valence-electron chi connectivity index (χ1n) is 5.87. The molecule has 2 saturated carbocycles. The van der Waals surface area contributed by atoms with E-state index >= 15 is 0 Å². The van der Waals surface area contributed by atoms with Crippen molar-refractivity contribution in [1.82, 2.24) is 5.32 Å². The third-order valence-corrected chi connectivity index (χ3v) is 4.90. The lowest BCUT2D eigenvalue weighted by Gasteiger charge is -2.13. The summed E-state index contributed by atoms with van der Waals surface area (Å²) < 4.78 is 0. The number of nitrogens with one attached hydrogen (secondary N) is 1. The quantitative estimate of drug-likeness (QED) is 0.708. The lowest BCUT2D eigenvalue weighted by atomic mass is 10.0. The molecular formula is C12H24N2. The number of hydrogen-bond acceptors (Lipinski definition) is 2. The number of nitrogens with two attached hydrogens (primary N) is 1. The third kappa shape index (κ3) is 1.40. The molecule has 82 valence electrons. The maximum atomic E-state index is 5.92. The lowest BCUT2D eigenvalue weighted by molar-refractivity contribution is 0.457. The van der Waals surface area contributed by atoms with E-state index in [9.17, 15) is 0 Å². The minimum absolute atomic E-state index is 0.442. The third-order valence-electron chi connectivity index (χ3n) is 4.90. The highest BCUT2D eigenvalue weighted by Gasteiger charge is 2.64. The first-order chi connectivity index (χ1) is 6.35. The minimum Gasteiger partial charge on any atom is -0.328 e. The van der Waals surface area contributed by atoms with Crippen LogP contribution < -0.4 is 11.1 Å². The average molecular weight is 196 g/mol. The van der Waals surface area contributed by atoms with Crippen molar-refractivity contribution in [1.29, 1.82) is 0 Å². The number of hydrogen-bond donors (Lipinski definition) is 2. The Morgan fingerprint density at radius 1 is 1.07 bits per heavy atom. The van der Waals surface area contributed by atoms with Crippen LogP contribution >= 0.6 is 0 Å². The maximum Gasteiger partial charge on any atom is 0.0183 e.